The Hall–Kier alpha value is -3.22. The Morgan fingerprint density at radius 3 is 2.39 bits per heavy atom. The Morgan fingerprint density at radius 1 is 0.929 bits per heavy atom. The van der Waals surface area contributed by atoms with Gasteiger partial charge < -0.3 is 24.8 Å². The molecule has 2 aromatic carbocycles. The molecule has 3 rings (SSSR count). The summed E-state index contributed by atoms with van der Waals surface area (Å²) < 4.78 is 15.6. The smallest absolute Gasteiger partial charge is 0.228 e. The van der Waals surface area contributed by atoms with Crippen LogP contribution < -0.4 is 24.8 Å². The highest BCUT2D eigenvalue weighted by molar-refractivity contribution is 5.99. The summed E-state index contributed by atoms with van der Waals surface area (Å²) in [7, 11) is 4.71. The second-order valence-electron chi connectivity index (χ2n) is 6.58. The van der Waals surface area contributed by atoms with E-state index in [1.165, 1.54) is 0 Å². The van der Waals surface area contributed by atoms with E-state index in [1.54, 1.807) is 51.7 Å². The van der Waals surface area contributed by atoms with Crippen molar-refractivity contribution in [3.8, 4) is 17.2 Å². The molecule has 0 radical (unpaired) electrons. The van der Waals surface area contributed by atoms with E-state index in [-0.39, 0.29) is 23.7 Å². The van der Waals surface area contributed by atoms with Gasteiger partial charge >= 0.3 is 0 Å². The molecule has 0 aliphatic heterocycles. The molecule has 2 atom stereocenters. The molecule has 2 unspecified atom stereocenters. The molecule has 0 bridgehead atoms. The van der Waals surface area contributed by atoms with Crippen LogP contribution in [-0.4, -0.2) is 33.1 Å². The number of nitrogens with one attached hydrogen (secondary N) is 2. The van der Waals surface area contributed by atoms with Crippen LogP contribution in [0, 0.1) is 11.8 Å². The largest absolute Gasteiger partial charge is 0.497 e. The predicted molar refractivity (Wildman–Crippen MR) is 105 cm³/mol. The van der Waals surface area contributed by atoms with Crippen molar-refractivity contribution in [1.82, 2.24) is 5.32 Å². The van der Waals surface area contributed by atoms with E-state index in [4.69, 9.17) is 14.2 Å². The van der Waals surface area contributed by atoms with Crippen LogP contribution in [0.2, 0.25) is 0 Å². The van der Waals surface area contributed by atoms with Crippen LogP contribution in [0.5, 0.6) is 17.2 Å². The van der Waals surface area contributed by atoms with Crippen molar-refractivity contribution >= 4 is 17.5 Å². The summed E-state index contributed by atoms with van der Waals surface area (Å²) in [6, 6.07) is 12.6. The lowest BCUT2D eigenvalue weighted by molar-refractivity contribution is -0.125. The number of hydrogen-bond donors (Lipinski definition) is 2. The SMILES string of the molecule is COc1cccc(NC(=O)C2CC2C(=O)NCc2ccc(OC)c(OC)c2)c1. The van der Waals surface area contributed by atoms with E-state index in [9.17, 15) is 9.59 Å². The molecule has 1 saturated carbocycles. The Bertz CT molecular complexity index is 868. The van der Waals surface area contributed by atoms with E-state index < -0.39 is 0 Å². The first-order chi connectivity index (χ1) is 13.5. The number of rotatable bonds is 8. The van der Waals surface area contributed by atoms with Gasteiger partial charge in [0.2, 0.25) is 11.8 Å². The summed E-state index contributed by atoms with van der Waals surface area (Å²) in [5.74, 6) is 1.02. The molecule has 2 aromatic rings. The molecule has 2 N–H and O–H groups in total. The molecule has 2 amide bonds. The fraction of sp³-hybridized carbons (Fsp3) is 0.333. The topological polar surface area (TPSA) is 85.9 Å². The van der Waals surface area contributed by atoms with Gasteiger partial charge in [-0.15, -0.1) is 0 Å². The van der Waals surface area contributed by atoms with Crippen molar-refractivity contribution in [2.45, 2.75) is 13.0 Å². The summed E-state index contributed by atoms with van der Waals surface area (Å²) in [6.07, 6.45) is 0.549. The molecule has 148 valence electrons. The van der Waals surface area contributed by atoms with Crippen molar-refractivity contribution in [2.75, 3.05) is 26.6 Å². The normalized spacial score (nSPS) is 17.4. The lowest BCUT2D eigenvalue weighted by Gasteiger charge is -2.10. The molecule has 1 fully saturated rings. The van der Waals surface area contributed by atoms with Crippen molar-refractivity contribution in [1.29, 1.82) is 0 Å². The van der Waals surface area contributed by atoms with Crippen LogP contribution in [-0.2, 0) is 16.1 Å². The maximum absolute atomic E-state index is 12.4. The number of ether oxygens (including phenoxy) is 3. The van der Waals surface area contributed by atoms with Crippen LogP contribution in [0.4, 0.5) is 5.69 Å². The van der Waals surface area contributed by atoms with E-state index in [0.717, 1.165) is 5.56 Å². The number of amides is 2. The maximum atomic E-state index is 12.4. The van der Waals surface area contributed by atoms with Gasteiger partial charge in [0.15, 0.2) is 11.5 Å². The van der Waals surface area contributed by atoms with Gasteiger partial charge in [-0.25, -0.2) is 0 Å². The summed E-state index contributed by atoms with van der Waals surface area (Å²) >= 11 is 0. The highest BCUT2D eigenvalue weighted by Crippen LogP contribution is 2.39. The summed E-state index contributed by atoms with van der Waals surface area (Å²) in [4.78, 5) is 24.7. The van der Waals surface area contributed by atoms with Gasteiger partial charge in [0.25, 0.3) is 0 Å². The molecular weight excluding hydrogens is 360 g/mol. The summed E-state index contributed by atoms with van der Waals surface area (Å²) in [5.41, 5.74) is 1.55. The molecule has 0 heterocycles. The monoisotopic (exact) mass is 384 g/mol. The second kappa shape index (κ2) is 8.65. The molecular formula is C21H24N2O5. The number of benzene rings is 2. The number of carbonyl (C=O) groups excluding carboxylic acids is 2. The highest BCUT2D eigenvalue weighted by Gasteiger charge is 2.47. The quantitative estimate of drug-likeness (QED) is 0.731. The van der Waals surface area contributed by atoms with E-state index in [0.29, 0.717) is 35.9 Å². The van der Waals surface area contributed by atoms with Crippen LogP contribution in [0.25, 0.3) is 0 Å². The number of methoxy groups -OCH3 is 3. The van der Waals surface area contributed by atoms with Crippen LogP contribution in [0.15, 0.2) is 42.5 Å². The third kappa shape index (κ3) is 4.54. The van der Waals surface area contributed by atoms with Crippen molar-refractivity contribution in [3.63, 3.8) is 0 Å². The minimum Gasteiger partial charge on any atom is -0.497 e. The zero-order valence-electron chi connectivity index (χ0n) is 16.2. The molecule has 0 aromatic heterocycles. The highest BCUT2D eigenvalue weighted by atomic mass is 16.5. The Kier molecular flexibility index (Phi) is 6.03. The fourth-order valence-electron chi connectivity index (χ4n) is 3.02. The molecule has 1 aliphatic carbocycles. The van der Waals surface area contributed by atoms with Crippen LogP contribution >= 0.6 is 0 Å². The number of anilines is 1. The minimum atomic E-state index is -0.309. The Labute approximate surface area is 164 Å². The van der Waals surface area contributed by atoms with Crippen LogP contribution in [0.3, 0.4) is 0 Å². The molecule has 0 saturated heterocycles. The van der Waals surface area contributed by atoms with Crippen molar-refractivity contribution in [3.05, 3.63) is 48.0 Å². The maximum Gasteiger partial charge on any atom is 0.228 e. The summed E-state index contributed by atoms with van der Waals surface area (Å²) in [6.45, 7) is 0.361. The van der Waals surface area contributed by atoms with Crippen LogP contribution in [0.1, 0.15) is 12.0 Å². The average Bonchev–Trinajstić information content (AvgIpc) is 3.53. The molecule has 7 nitrogen and oxygen atoms in total. The van der Waals surface area contributed by atoms with Crippen molar-refractivity contribution < 1.29 is 23.8 Å². The van der Waals surface area contributed by atoms with E-state index >= 15 is 0 Å². The zero-order valence-corrected chi connectivity index (χ0v) is 16.2. The second-order valence-corrected chi connectivity index (χ2v) is 6.58. The van der Waals surface area contributed by atoms with Gasteiger partial charge in [0.1, 0.15) is 5.75 Å². The van der Waals surface area contributed by atoms with Gasteiger partial charge in [-0.3, -0.25) is 9.59 Å². The van der Waals surface area contributed by atoms with Crippen molar-refractivity contribution in [2.24, 2.45) is 11.8 Å². The Balaban J connectivity index is 1.50. The number of hydrogen-bond acceptors (Lipinski definition) is 5. The predicted octanol–water partition coefficient (Wildman–Crippen LogP) is 2.60. The van der Waals surface area contributed by atoms with Gasteiger partial charge in [-0.1, -0.05) is 12.1 Å². The van der Waals surface area contributed by atoms with E-state index in [1.807, 2.05) is 12.1 Å². The lowest BCUT2D eigenvalue weighted by atomic mass is 10.2. The lowest BCUT2D eigenvalue weighted by Crippen LogP contribution is -2.27. The third-order valence-corrected chi connectivity index (χ3v) is 4.72. The minimum absolute atomic E-state index is 0.124. The zero-order chi connectivity index (χ0) is 20.1. The first-order valence-corrected chi connectivity index (χ1v) is 8.99. The van der Waals surface area contributed by atoms with Gasteiger partial charge in [-0.05, 0) is 36.2 Å². The molecule has 28 heavy (non-hydrogen) atoms. The summed E-state index contributed by atoms with van der Waals surface area (Å²) in [5, 5.41) is 5.72. The average molecular weight is 384 g/mol. The standard InChI is InChI=1S/C21H24N2O5/c1-26-15-6-4-5-14(10-15)23-21(25)17-11-16(17)20(24)22-12-13-7-8-18(27-2)19(9-13)28-3/h4-10,16-17H,11-12H2,1-3H3,(H,22,24)(H,23,25). The molecule has 1 aliphatic rings. The fourth-order valence-corrected chi connectivity index (χ4v) is 3.02. The number of carbonyl (C=O) groups is 2. The first-order valence-electron chi connectivity index (χ1n) is 8.99. The molecule has 7 heteroatoms. The van der Waals surface area contributed by atoms with Gasteiger partial charge in [-0.2, -0.15) is 0 Å². The van der Waals surface area contributed by atoms with E-state index in [2.05, 4.69) is 10.6 Å². The Morgan fingerprint density at radius 2 is 1.68 bits per heavy atom. The molecule has 0 spiro atoms. The third-order valence-electron chi connectivity index (χ3n) is 4.72. The first kappa shape index (κ1) is 19.5. The van der Waals surface area contributed by atoms with Gasteiger partial charge in [0, 0.05) is 18.3 Å². The van der Waals surface area contributed by atoms with Gasteiger partial charge in [0.05, 0.1) is 33.2 Å².